The number of para-hydroxylation sites is 1. The predicted octanol–water partition coefficient (Wildman–Crippen LogP) is 5.36. The number of allylic oxidation sites excluding steroid dienone is 1. The molecular formula is C27H21NO4. The van der Waals surface area contributed by atoms with Crippen molar-refractivity contribution in [2.45, 2.75) is 6.92 Å². The Labute approximate surface area is 185 Å². The largest absolute Gasteiger partial charge is 0.485 e. The monoisotopic (exact) mass is 423 g/mol. The second kappa shape index (κ2) is 7.85. The Morgan fingerprint density at radius 1 is 1.06 bits per heavy atom. The smallest absolute Gasteiger partial charge is 0.232 e. The van der Waals surface area contributed by atoms with Crippen LogP contribution in [-0.2, 0) is 7.05 Å². The molecule has 0 atom stereocenters. The highest BCUT2D eigenvalue weighted by Gasteiger charge is 2.30. The first kappa shape index (κ1) is 19.8. The molecule has 0 saturated carbocycles. The predicted molar refractivity (Wildman–Crippen MR) is 123 cm³/mol. The van der Waals surface area contributed by atoms with Crippen LogP contribution in [0.2, 0.25) is 0 Å². The van der Waals surface area contributed by atoms with Gasteiger partial charge < -0.3 is 14.0 Å². The minimum Gasteiger partial charge on any atom is -0.485 e. The SMILES string of the molecule is Cc1cc(OCC(=O)c2ccccc2)cc2c1C(=O)/C(=C/c1cn(C)c3ccccc13)O2. The Morgan fingerprint density at radius 2 is 1.81 bits per heavy atom. The molecule has 0 unspecified atom stereocenters. The molecular weight excluding hydrogens is 402 g/mol. The van der Waals surface area contributed by atoms with E-state index in [-0.39, 0.29) is 23.9 Å². The van der Waals surface area contributed by atoms with E-state index in [1.54, 1.807) is 30.3 Å². The number of Topliss-reactive ketones (excluding diaryl/α,β-unsaturated/α-hetero) is 2. The fraction of sp³-hybridized carbons (Fsp3) is 0.111. The first-order valence-electron chi connectivity index (χ1n) is 10.4. The van der Waals surface area contributed by atoms with E-state index in [1.807, 2.05) is 67.2 Å². The molecule has 0 fully saturated rings. The topological polar surface area (TPSA) is 57.5 Å². The summed E-state index contributed by atoms with van der Waals surface area (Å²) in [5.74, 6) is 0.944. The Bertz CT molecular complexity index is 1400. The minimum absolute atomic E-state index is 0.0884. The summed E-state index contributed by atoms with van der Waals surface area (Å²) in [5.41, 5.74) is 3.87. The van der Waals surface area contributed by atoms with E-state index < -0.39 is 0 Å². The van der Waals surface area contributed by atoms with Crippen LogP contribution in [0.25, 0.3) is 17.0 Å². The maximum atomic E-state index is 13.0. The highest BCUT2D eigenvalue weighted by molar-refractivity contribution is 6.16. The van der Waals surface area contributed by atoms with Crippen molar-refractivity contribution in [1.82, 2.24) is 4.57 Å². The number of aromatic nitrogens is 1. The molecule has 158 valence electrons. The summed E-state index contributed by atoms with van der Waals surface area (Å²) in [4.78, 5) is 25.4. The fourth-order valence-corrected chi connectivity index (χ4v) is 4.05. The van der Waals surface area contributed by atoms with E-state index in [1.165, 1.54) is 0 Å². The van der Waals surface area contributed by atoms with E-state index in [9.17, 15) is 9.59 Å². The van der Waals surface area contributed by atoms with Gasteiger partial charge in [-0.15, -0.1) is 0 Å². The number of carbonyl (C=O) groups is 2. The highest BCUT2D eigenvalue weighted by atomic mass is 16.5. The van der Waals surface area contributed by atoms with Crippen LogP contribution in [0.15, 0.2) is 78.7 Å². The van der Waals surface area contributed by atoms with Crippen molar-refractivity contribution in [3.05, 3.63) is 101 Å². The second-order valence-corrected chi connectivity index (χ2v) is 7.84. The second-order valence-electron chi connectivity index (χ2n) is 7.84. The summed E-state index contributed by atoms with van der Waals surface area (Å²) in [7, 11) is 1.97. The molecule has 1 aliphatic heterocycles. The lowest BCUT2D eigenvalue weighted by Gasteiger charge is -2.08. The maximum Gasteiger partial charge on any atom is 0.232 e. The zero-order valence-corrected chi connectivity index (χ0v) is 17.8. The lowest BCUT2D eigenvalue weighted by atomic mass is 10.0. The summed E-state index contributed by atoms with van der Waals surface area (Å²) in [6, 6.07) is 20.5. The number of hydrogen-bond donors (Lipinski definition) is 0. The number of carbonyl (C=O) groups excluding carboxylic acids is 2. The van der Waals surface area contributed by atoms with Crippen molar-refractivity contribution in [2.75, 3.05) is 6.61 Å². The van der Waals surface area contributed by atoms with Gasteiger partial charge in [0.05, 0.1) is 5.56 Å². The number of nitrogens with zero attached hydrogens (tertiary/aromatic N) is 1. The van der Waals surface area contributed by atoms with Crippen molar-refractivity contribution in [1.29, 1.82) is 0 Å². The van der Waals surface area contributed by atoms with Crippen LogP contribution >= 0.6 is 0 Å². The first-order chi connectivity index (χ1) is 15.5. The molecule has 5 rings (SSSR count). The lowest BCUT2D eigenvalue weighted by molar-refractivity contribution is 0.0920. The number of hydrogen-bond acceptors (Lipinski definition) is 4. The van der Waals surface area contributed by atoms with Gasteiger partial charge in [-0.2, -0.15) is 0 Å². The lowest BCUT2D eigenvalue weighted by Crippen LogP contribution is -2.11. The van der Waals surface area contributed by atoms with E-state index in [0.717, 1.165) is 22.0 Å². The van der Waals surface area contributed by atoms with Crippen LogP contribution < -0.4 is 9.47 Å². The summed E-state index contributed by atoms with van der Waals surface area (Å²) >= 11 is 0. The molecule has 2 heterocycles. The molecule has 5 nitrogen and oxygen atoms in total. The average Bonchev–Trinajstić information content (AvgIpc) is 3.29. The van der Waals surface area contributed by atoms with Gasteiger partial charge in [-0.3, -0.25) is 9.59 Å². The van der Waals surface area contributed by atoms with Crippen LogP contribution in [0.3, 0.4) is 0 Å². The van der Waals surface area contributed by atoms with Crippen LogP contribution in [0.5, 0.6) is 11.5 Å². The molecule has 0 saturated heterocycles. The third kappa shape index (κ3) is 3.48. The van der Waals surface area contributed by atoms with Gasteiger partial charge in [-0.1, -0.05) is 48.5 Å². The molecule has 1 aromatic heterocycles. The summed E-state index contributed by atoms with van der Waals surface area (Å²) in [6.07, 6.45) is 3.76. The Hall–Kier alpha value is -4.12. The molecule has 0 N–H and O–H groups in total. The van der Waals surface area contributed by atoms with Gasteiger partial charge in [-0.25, -0.2) is 0 Å². The molecule has 0 aliphatic carbocycles. The zero-order chi connectivity index (χ0) is 22.2. The maximum absolute atomic E-state index is 13.0. The van der Waals surface area contributed by atoms with Gasteiger partial charge >= 0.3 is 0 Å². The first-order valence-corrected chi connectivity index (χ1v) is 10.4. The van der Waals surface area contributed by atoms with E-state index in [4.69, 9.17) is 9.47 Å². The zero-order valence-electron chi connectivity index (χ0n) is 17.8. The number of benzene rings is 3. The van der Waals surface area contributed by atoms with Crippen molar-refractivity contribution in [3.8, 4) is 11.5 Å². The molecule has 0 bridgehead atoms. The molecule has 0 spiro atoms. The van der Waals surface area contributed by atoms with Gasteiger partial charge in [0, 0.05) is 41.3 Å². The van der Waals surface area contributed by atoms with Crippen LogP contribution in [-0.4, -0.2) is 22.7 Å². The Balaban J connectivity index is 1.40. The normalized spacial score (nSPS) is 13.9. The molecule has 1 aliphatic rings. The van der Waals surface area contributed by atoms with Crippen molar-refractivity contribution in [2.24, 2.45) is 7.05 Å². The Kier molecular flexibility index (Phi) is 4.86. The van der Waals surface area contributed by atoms with Crippen LogP contribution in [0, 0.1) is 6.92 Å². The van der Waals surface area contributed by atoms with Gasteiger partial charge in [0.1, 0.15) is 11.5 Å². The van der Waals surface area contributed by atoms with Crippen LogP contribution in [0.4, 0.5) is 0 Å². The van der Waals surface area contributed by atoms with Gasteiger partial charge in [0.2, 0.25) is 5.78 Å². The van der Waals surface area contributed by atoms with Gasteiger partial charge in [-0.05, 0) is 30.7 Å². The molecule has 0 radical (unpaired) electrons. The Morgan fingerprint density at radius 3 is 2.62 bits per heavy atom. The summed E-state index contributed by atoms with van der Waals surface area (Å²) in [5, 5.41) is 1.05. The molecule has 5 heteroatoms. The number of aryl methyl sites for hydroxylation is 2. The summed E-state index contributed by atoms with van der Waals surface area (Å²) in [6.45, 7) is 1.75. The average molecular weight is 423 g/mol. The molecule has 3 aromatic carbocycles. The van der Waals surface area contributed by atoms with Crippen molar-refractivity contribution >= 4 is 28.5 Å². The molecule has 0 amide bonds. The number of rotatable bonds is 5. The van der Waals surface area contributed by atoms with Gasteiger partial charge in [0.25, 0.3) is 0 Å². The third-order valence-corrected chi connectivity index (χ3v) is 5.62. The summed E-state index contributed by atoms with van der Waals surface area (Å²) < 4.78 is 13.7. The number of ketones is 2. The minimum atomic E-state index is -0.155. The quantitative estimate of drug-likeness (QED) is 0.320. The number of fused-ring (bicyclic) bond motifs is 2. The molecule has 32 heavy (non-hydrogen) atoms. The molecule has 4 aromatic rings. The van der Waals surface area contributed by atoms with Gasteiger partial charge in [0.15, 0.2) is 18.1 Å². The number of ether oxygens (including phenoxy) is 2. The van der Waals surface area contributed by atoms with E-state index >= 15 is 0 Å². The van der Waals surface area contributed by atoms with E-state index in [2.05, 4.69) is 0 Å². The fourth-order valence-electron chi connectivity index (χ4n) is 4.05. The highest BCUT2D eigenvalue weighted by Crippen LogP contribution is 2.38. The standard InChI is InChI=1S/C27H21NO4/c1-17-12-20(31-16-23(29)18-8-4-3-5-9-18)14-24-26(17)27(30)25(32-24)13-19-15-28(2)22-11-7-6-10-21(19)22/h3-15H,16H2,1-2H3/b25-13-. The van der Waals surface area contributed by atoms with Crippen LogP contribution in [0.1, 0.15) is 31.8 Å². The third-order valence-electron chi connectivity index (χ3n) is 5.62. The van der Waals surface area contributed by atoms with Crippen molar-refractivity contribution in [3.63, 3.8) is 0 Å². The van der Waals surface area contributed by atoms with Crippen molar-refractivity contribution < 1.29 is 19.1 Å². The van der Waals surface area contributed by atoms with E-state index in [0.29, 0.717) is 22.6 Å².